The molecule has 0 unspecified atom stereocenters. The van der Waals surface area contributed by atoms with Gasteiger partial charge in [-0.05, 0) is 65.4 Å². The minimum absolute atomic E-state index is 0.484. The van der Waals surface area contributed by atoms with Gasteiger partial charge >= 0.3 is 0 Å². The van der Waals surface area contributed by atoms with Gasteiger partial charge in [-0.15, -0.1) is 11.3 Å². The average molecular weight is 499 g/mol. The Hall–Kier alpha value is -2.50. The minimum atomic E-state index is 0.484. The van der Waals surface area contributed by atoms with Crippen LogP contribution >= 0.6 is 11.3 Å². The topological polar surface area (TPSA) is 15.7 Å². The molecule has 0 aliphatic carbocycles. The van der Waals surface area contributed by atoms with Crippen molar-refractivity contribution in [2.24, 2.45) is 0 Å². The van der Waals surface area contributed by atoms with Gasteiger partial charge in [0.1, 0.15) is 0 Å². The summed E-state index contributed by atoms with van der Waals surface area (Å²) in [5.74, 6) is 0.484. The van der Waals surface area contributed by atoms with Gasteiger partial charge in [-0.3, -0.25) is 4.90 Å². The molecule has 1 aliphatic heterocycles. The van der Waals surface area contributed by atoms with Gasteiger partial charge in [-0.25, -0.2) is 0 Å². The Bertz CT molecular complexity index is 1130. The number of piperazine rings is 1. The Morgan fingerprint density at radius 1 is 0.722 bits per heavy atom. The van der Waals surface area contributed by atoms with Crippen molar-refractivity contribution < 1.29 is 4.74 Å². The normalized spacial score (nSPS) is 15.1. The van der Waals surface area contributed by atoms with Crippen LogP contribution in [0.5, 0.6) is 0 Å². The summed E-state index contributed by atoms with van der Waals surface area (Å²) in [5.41, 5.74) is 4.23. The highest BCUT2D eigenvalue weighted by Crippen LogP contribution is 2.29. The zero-order chi connectivity index (χ0) is 24.4. The summed E-state index contributed by atoms with van der Waals surface area (Å²) < 4.78 is 7.35. The van der Waals surface area contributed by atoms with Gasteiger partial charge < -0.3 is 9.64 Å². The molecule has 4 heteroatoms. The van der Waals surface area contributed by atoms with Crippen molar-refractivity contribution in [2.45, 2.75) is 25.2 Å². The lowest BCUT2D eigenvalue weighted by molar-refractivity contribution is 0.0763. The largest absolute Gasteiger partial charge is 0.380 e. The molecule has 1 aromatic heterocycles. The van der Waals surface area contributed by atoms with Gasteiger partial charge in [0, 0.05) is 43.3 Å². The molecule has 3 aromatic carbocycles. The third-order valence-electron chi connectivity index (χ3n) is 7.44. The highest BCUT2D eigenvalue weighted by molar-refractivity contribution is 7.17. The van der Waals surface area contributed by atoms with Crippen molar-refractivity contribution >= 4 is 21.4 Å². The minimum Gasteiger partial charge on any atom is -0.380 e. The summed E-state index contributed by atoms with van der Waals surface area (Å²) in [5, 5.41) is 3.52. The highest BCUT2D eigenvalue weighted by atomic mass is 32.1. The van der Waals surface area contributed by atoms with Crippen LogP contribution in [0, 0.1) is 0 Å². The fourth-order valence-electron chi connectivity index (χ4n) is 5.31. The molecular weight excluding hydrogens is 460 g/mol. The number of ether oxygens (including phenoxy) is 1. The zero-order valence-corrected chi connectivity index (χ0v) is 22.0. The van der Waals surface area contributed by atoms with Crippen molar-refractivity contribution in [3.8, 4) is 0 Å². The predicted molar refractivity (Wildman–Crippen MR) is 153 cm³/mol. The van der Waals surface area contributed by atoms with Crippen LogP contribution in [0.15, 0.2) is 90.3 Å². The molecule has 1 fully saturated rings. The van der Waals surface area contributed by atoms with Crippen LogP contribution in [-0.2, 0) is 11.2 Å². The first-order valence-corrected chi connectivity index (χ1v) is 14.3. The van der Waals surface area contributed by atoms with E-state index in [4.69, 9.17) is 4.74 Å². The Kier molecular flexibility index (Phi) is 9.20. The summed E-state index contributed by atoms with van der Waals surface area (Å²) in [6.07, 6.45) is 3.42. The molecule has 0 amide bonds. The van der Waals surface area contributed by atoms with E-state index in [-0.39, 0.29) is 0 Å². The van der Waals surface area contributed by atoms with Crippen LogP contribution < -0.4 is 0 Å². The SMILES string of the molecule is c1ccc(C(CCCN2CCN(CCOCCc3ccc4sccc4c3)CC2)c2ccccc2)cc1. The first-order chi connectivity index (χ1) is 17.8. The number of hydrogen-bond acceptors (Lipinski definition) is 4. The standard InChI is InChI=1S/C32H38N2OS/c1-3-8-28(9-4-1)31(29-10-5-2-6-11-29)12-7-17-33-18-20-34(21-19-33)22-24-35-23-15-27-13-14-32-30(26-27)16-25-36-32/h1-6,8-11,13-14,16,25-26,31H,7,12,15,17-24H2. The lowest BCUT2D eigenvalue weighted by Gasteiger charge is -2.34. The molecule has 5 rings (SSSR count). The Morgan fingerprint density at radius 2 is 1.39 bits per heavy atom. The average Bonchev–Trinajstić information content (AvgIpc) is 3.41. The molecule has 3 nitrogen and oxygen atoms in total. The van der Waals surface area contributed by atoms with Crippen LogP contribution in [-0.4, -0.2) is 62.3 Å². The third-order valence-corrected chi connectivity index (χ3v) is 8.34. The maximum atomic E-state index is 5.98. The first kappa shape index (κ1) is 25.2. The van der Waals surface area contributed by atoms with Crippen LogP contribution in [0.1, 0.15) is 35.4 Å². The van der Waals surface area contributed by atoms with Crippen molar-refractivity contribution in [2.75, 3.05) is 52.5 Å². The van der Waals surface area contributed by atoms with Crippen molar-refractivity contribution in [3.63, 3.8) is 0 Å². The maximum Gasteiger partial charge on any atom is 0.0593 e. The Labute approximate surface area is 220 Å². The summed E-state index contributed by atoms with van der Waals surface area (Å²) in [6, 6.07) is 31.0. The third kappa shape index (κ3) is 7.04. The van der Waals surface area contributed by atoms with E-state index in [2.05, 4.69) is 100 Å². The predicted octanol–water partition coefficient (Wildman–Crippen LogP) is 6.69. The summed E-state index contributed by atoms with van der Waals surface area (Å²) >= 11 is 1.81. The monoisotopic (exact) mass is 498 g/mol. The lowest BCUT2D eigenvalue weighted by atomic mass is 9.87. The van der Waals surface area contributed by atoms with E-state index >= 15 is 0 Å². The number of fused-ring (bicyclic) bond motifs is 1. The highest BCUT2D eigenvalue weighted by Gasteiger charge is 2.18. The van der Waals surface area contributed by atoms with Gasteiger partial charge in [-0.2, -0.15) is 0 Å². The van der Waals surface area contributed by atoms with E-state index in [0.29, 0.717) is 5.92 Å². The molecule has 2 heterocycles. The molecule has 1 saturated heterocycles. The summed E-state index contributed by atoms with van der Waals surface area (Å²) in [6.45, 7) is 8.51. The van der Waals surface area contributed by atoms with E-state index in [1.54, 1.807) is 0 Å². The molecule has 1 aliphatic rings. The van der Waals surface area contributed by atoms with Crippen molar-refractivity contribution in [1.29, 1.82) is 0 Å². The maximum absolute atomic E-state index is 5.98. The molecule has 36 heavy (non-hydrogen) atoms. The molecular formula is C32H38N2OS. The van der Waals surface area contributed by atoms with Gasteiger partial charge in [0.15, 0.2) is 0 Å². The Morgan fingerprint density at radius 3 is 2.08 bits per heavy atom. The van der Waals surface area contributed by atoms with E-state index < -0.39 is 0 Å². The molecule has 0 radical (unpaired) electrons. The zero-order valence-electron chi connectivity index (χ0n) is 21.2. The fraction of sp³-hybridized carbons (Fsp3) is 0.375. The molecule has 0 atom stereocenters. The molecule has 0 bridgehead atoms. The molecule has 0 spiro atoms. The van der Waals surface area contributed by atoms with Crippen LogP contribution in [0.25, 0.3) is 10.1 Å². The van der Waals surface area contributed by atoms with Gasteiger partial charge in [-0.1, -0.05) is 72.8 Å². The van der Waals surface area contributed by atoms with Gasteiger partial charge in [0.25, 0.3) is 0 Å². The molecule has 0 N–H and O–H groups in total. The molecule has 4 aromatic rings. The fourth-order valence-corrected chi connectivity index (χ4v) is 6.08. The Balaban J connectivity index is 0.980. The van der Waals surface area contributed by atoms with Crippen LogP contribution in [0.3, 0.4) is 0 Å². The molecule has 188 valence electrons. The van der Waals surface area contributed by atoms with E-state index in [0.717, 1.165) is 39.3 Å². The van der Waals surface area contributed by atoms with E-state index in [1.165, 1.54) is 59.3 Å². The number of hydrogen-bond donors (Lipinski definition) is 0. The second-order valence-corrected chi connectivity index (χ2v) is 10.8. The second kappa shape index (κ2) is 13.2. The second-order valence-electron chi connectivity index (χ2n) is 9.85. The number of rotatable bonds is 12. The number of benzene rings is 3. The summed E-state index contributed by atoms with van der Waals surface area (Å²) in [7, 11) is 0. The quantitative estimate of drug-likeness (QED) is 0.202. The molecule has 0 saturated carbocycles. The van der Waals surface area contributed by atoms with Crippen LogP contribution in [0.2, 0.25) is 0 Å². The van der Waals surface area contributed by atoms with Gasteiger partial charge in [0.05, 0.1) is 13.2 Å². The summed E-state index contributed by atoms with van der Waals surface area (Å²) in [4.78, 5) is 5.20. The smallest absolute Gasteiger partial charge is 0.0593 e. The van der Waals surface area contributed by atoms with E-state index in [1.807, 2.05) is 11.3 Å². The number of nitrogens with zero attached hydrogens (tertiary/aromatic N) is 2. The van der Waals surface area contributed by atoms with Gasteiger partial charge in [0.2, 0.25) is 0 Å². The van der Waals surface area contributed by atoms with Crippen molar-refractivity contribution in [3.05, 3.63) is 107 Å². The van der Waals surface area contributed by atoms with Crippen LogP contribution in [0.4, 0.5) is 0 Å². The first-order valence-electron chi connectivity index (χ1n) is 13.4. The van der Waals surface area contributed by atoms with Crippen molar-refractivity contribution in [1.82, 2.24) is 9.80 Å². The van der Waals surface area contributed by atoms with E-state index in [9.17, 15) is 0 Å². The lowest BCUT2D eigenvalue weighted by Crippen LogP contribution is -2.47. The number of thiophene rings is 1.